The van der Waals surface area contributed by atoms with Crippen LogP contribution >= 0.6 is 0 Å². The van der Waals surface area contributed by atoms with Crippen molar-refractivity contribution in [3.63, 3.8) is 0 Å². The SMILES string of the molecule is COC(=O)CCCC=C1CC2C(CC[C@@H]2C(=O)CCC2CCCCC2)C1=O. The standard InChI is InChI=1S/C23H34O4/c1-27-22(25)10-6-5-9-17-15-20-18(12-13-19(20)23(17)26)21(24)14-11-16-7-3-2-4-8-16/h9,16,18-20H,2-8,10-15H2,1H3/t18-,19?,20?/m0/s1. The van der Waals surface area contributed by atoms with Gasteiger partial charge in [-0.3, -0.25) is 14.4 Å². The second-order valence-corrected chi connectivity index (χ2v) is 8.73. The van der Waals surface area contributed by atoms with Crippen molar-refractivity contribution in [2.45, 2.75) is 83.5 Å². The zero-order valence-corrected chi connectivity index (χ0v) is 16.7. The zero-order valence-electron chi connectivity index (χ0n) is 16.7. The molecule has 150 valence electrons. The highest BCUT2D eigenvalue weighted by atomic mass is 16.5. The Morgan fingerprint density at radius 3 is 2.59 bits per heavy atom. The first-order valence-corrected chi connectivity index (χ1v) is 10.9. The minimum atomic E-state index is -0.202. The topological polar surface area (TPSA) is 60.4 Å². The Balaban J connectivity index is 1.48. The van der Waals surface area contributed by atoms with Crippen molar-refractivity contribution in [3.8, 4) is 0 Å². The first-order chi connectivity index (χ1) is 13.1. The molecule has 3 atom stereocenters. The van der Waals surface area contributed by atoms with E-state index in [0.717, 1.165) is 43.6 Å². The number of Topliss-reactive ketones (excluding diaryl/α,β-unsaturated/α-hetero) is 2. The average Bonchev–Trinajstić information content (AvgIpc) is 3.24. The van der Waals surface area contributed by atoms with E-state index in [1.54, 1.807) is 0 Å². The maximum atomic E-state index is 12.8. The maximum Gasteiger partial charge on any atom is 0.305 e. The van der Waals surface area contributed by atoms with Crippen LogP contribution in [0.15, 0.2) is 11.6 Å². The molecule has 4 nitrogen and oxygen atoms in total. The number of ketones is 2. The molecule has 0 spiro atoms. The van der Waals surface area contributed by atoms with Gasteiger partial charge in [0.15, 0.2) is 5.78 Å². The van der Waals surface area contributed by atoms with Gasteiger partial charge in [-0.2, -0.15) is 0 Å². The molecule has 0 aromatic rings. The van der Waals surface area contributed by atoms with Crippen LogP contribution in [-0.2, 0) is 19.1 Å². The number of ether oxygens (including phenoxy) is 1. The van der Waals surface area contributed by atoms with E-state index < -0.39 is 0 Å². The third kappa shape index (κ3) is 5.08. The van der Waals surface area contributed by atoms with E-state index in [1.165, 1.54) is 39.2 Å². The first-order valence-electron chi connectivity index (χ1n) is 10.9. The van der Waals surface area contributed by atoms with E-state index in [-0.39, 0.29) is 29.5 Å². The largest absolute Gasteiger partial charge is 0.469 e. The molecule has 0 bridgehead atoms. The van der Waals surface area contributed by atoms with E-state index >= 15 is 0 Å². The molecule has 4 heteroatoms. The Bertz CT molecular complexity index is 585. The van der Waals surface area contributed by atoms with Gasteiger partial charge in [-0.15, -0.1) is 0 Å². The normalized spacial score (nSPS) is 29.9. The summed E-state index contributed by atoms with van der Waals surface area (Å²) in [4.78, 5) is 36.7. The zero-order chi connectivity index (χ0) is 19.2. The molecule has 3 rings (SSSR count). The van der Waals surface area contributed by atoms with Crippen LogP contribution in [0.4, 0.5) is 0 Å². The monoisotopic (exact) mass is 374 g/mol. The summed E-state index contributed by atoms with van der Waals surface area (Å²) in [6.45, 7) is 0. The lowest BCUT2D eigenvalue weighted by molar-refractivity contribution is -0.140. The third-order valence-corrected chi connectivity index (χ3v) is 7.07. The molecule has 0 aromatic heterocycles. The van der Waals surface area contributed by atoms with E-state index in [2.05, 4.69) is 4.74 Å². The van der Waals surface area contributed by atoms with Crippen LogP contribution in [0.5, 0.6) is 0 Å². The van der Waals surface area contributed by atoms with Crippen LogP contribution < -0.4 is 0 Å². The number of carbonyl (C=O) groups excluding carboxylic acids is 3. The number of carbonyl (C=O) groups is 3. The number of unbranched alkanes of at least 4 members (excludes halogenated alkanes) is 1. The Morgan fingerprint density at radius 1 is 1.07 bits per heavy atom. The molecular formula is C23H34O4. The second-order valence-electron chi connectivity index (χ2n) is 8.73. The average molecular weight is 375 g/mol. The molecule has 3 aliphatic carbocycles. The molecule has 3 saturated carbocycles. The fourth-order valence-corrected chi connectivity index (χ4v) is 5.49. The van der Waals surface area contributed by atoms with Crippen LogP contribution in [-0.4, -0.2) is 24.6 Å². The quantitative estimate of drug-likeness (QED) is 0.348. The van der Waals surface area contributed by atoms with Crippen molar-refractivity contribution in [1.29, 1.82) is 0 Å². The molecule has 3 aliphatic rings. The van der Waals surface area contributed by atoms with E-state index in [0.29, 0.717) is 25.0 Å². The summed E-state index contributed by atoms with van der Waals surface area (Å²) in [6, 6.07) is 0. The van der Waals surface area contributed by atoms with Gasteiger partial charge in [0.05, 0.1) is 7.11 Å². The van der Waals surface area contributed by atoms with Crippen LogP contribution in [0.25, 0.3) is 0 Å². The number of methoxy groups -OCH3 is 1. The van der Waals surface area contributed by atoms with Gasteiger partial charge in [0, 0.05) is 24.7 Å². The van der Waals surface area contributed by atoms with Crippen LogP contribution in [0.2, 0.25) is 0 Å². The molecule has 2 unspecified atom stereocenters. The van der Waals surface area contributed by atoms with Crippen molar-refractivity contribution in [1.82, 2.24) is 0 Å². The number of rotatable bonds is 8. The molecule has 27 heavy (non-hydrogen) atoms. The minimum absolute atomic E-state index is 0.0699. The fourth-order valence-electron chi connectivity index (χ4n) is 5.49. The van der Waals surface area contributed by atoms with E-state index in [9.17, 15) is 14.4 Å². The van der Waals surface area contributed by atoms with Gasteiger partial charge in [0.1, 0.15) is 5.78 Å². The summed E-state index contributed by atoms with van der Waals surface area (Å²) >= 11 is 0. The third-order valence-electron chi connectivity index (χ3n) is 7.07. The maximum absolute atomic E-state index is 12.8. The van der Waals surface area contributed by atoms with Gasteiger partial charge >= 0.3 is 5.97 Å². The van der Waals surface area contributed by atoms with Crippen molar-refractivity contribution >= 4 is 17.5 Å². The van der Waals surface area contributed by atoms with Gasteiger partial charge < -0.3 is 4.74 Å². The highest BCUT2D eigenvalue weighted by Gasteiger charge is 2.48. The van der Waals surface area contributed by atoms with Crippen LogP contribution in [0, 0.1) is 23.7 Å². The lowest BCUT2D eigenvalue weighted by Gasteiger charge is -2.22. The molecule has 0 aliphatic heterocycles. The Labute approximate surface area is 163 Å². The molecule has 0 radical (unpaired) electrons. The Hall–Kier alpha value is -1.45. The molecule has 0 saturated heterocycles. The summed E-state index contributed by atoms with van der Waals surface area (Å²) in [5, 5.41) is 0. The molecule has 0 amide bonds. The number of esters is 1. The molecule has 0 heterocycles. The summed E-state index contributed by atoms with van der Waals surface area (Å²) in [5.74, 6) is 1.63. The predicted octanol–water partition coefficient (Wildman–Crippen LogP) is 4.80. The van der Waals surface area contributed by atoms with E-state index in [4.69, 9.17) is 0 Å². The highest BCUT2D eigenvalue weighted by Crippen LogP contribution is 2.48. The van der Waals surface area contributed by atoms with Crippen LogP contribution in [0.3, 0.4) is 0 Å². The first kappa shape index (κ1) is 20.3. The van der Waals surface area contributed by atoms with E-state index in [1.807, 2.05) is 6.08 Å². The van der Waals surface area contributed by atoms with Gasteiger partial charge in [-0.05, 0) is 55.9 Å². The summed E-state index contributed by atoms with van der Waals surface area (Å²) in [6.07, 6.45) is 14.7. The molecule has 3 fully saturated rings. The van der Waals surface area contributed by atoms with Crippen molar-refractivity contribution < 1.29 is 19.1 Å². The van der Waals surface area contributed by atoms with Crippen LogP contribution in [0.1, 0.15) is 83.5 Å². The minimum Gasteiger partial charge on any atom is -0.469 e. The van der Waals surface area contributed by atoms with Crippen molar-refractivity contribution in [2.75, 3.05) is 7.11 Å². The summed E-state index contributed by atoms with van der Waals surface area (Å²) in [7, 11) is 1.40. The molecule has 0 N–H and O–H groups in total. The molecular weight excluding hydrogens is 340 g/mol. The van der Waals surface area contributed by atoms with Gasteiger partial charge in [0.25, 0.3) is 0 Å². The number of hydrogen-bond donors (Lipinski definition) is 0. The number of allylic oxidation sites excluding steroid dienone is 2. The highest BCUT2D eigenvalue weighted by molar-refractivity contribution is 6.01. The second kappa shape index (κ2) is 9.66. The van der Waals surface area contributed by atoms with Gasteiger partial charge in [-0.25, -0.2) is 0 Å². The Morgan fingerprint density at radius 2 is 1.85 bits per heavy atom. The number of fused-ring (bicyclic) bond motifs is 1. The fraction of sp³-hybridized carbons (Fsp3) is 0.783. The predicted molar refractivity (Wildman–Crippen MR) is 104 cm³/mol. The van der Waals surface area contributed by atoms with Gasteiger partial charge in [-0.1, -0.05) is 38.2 Å². The lowest BCUT2D eigenvalue weighted by Crippen LogP contribution is -2.21. The van der Waals surface area contributed by atoms with Crippen molar-refractivity contribution in [2.24, 2.45) is 23.7 Å². The molecule has 0 aromatic carbocycles. The van der Waals surface area contributed by atoms with Gasteiger partial charge in [0.2, 0.25) is 0 Å². The summed E-state index contributed by atoms with van der Waals surface area (Å²) < 4.78 is 4.65. The lowest BCUT2D eigenvalue weighted by atomic mass is 9.82. The Kier molecular flexibility index (Phi) is 7.26. The summed E-state index contributed by atoms with van der Waals surface area (Å²) in [5.41, 5.74) is 0.902. The number of hydrogen-bond acceptors (Lipinski definition) is 4. The van der Waals surface area contributed by atoms with Crippen molar-refractivity contribution in [3.05, 3.63) is 11.6 Å². The smallest absolute Gasteiger partial charge is 0.305 e.